The van der Waals surface area contributed by atoms with Gasteiger partial charge in [-0.2, -0.15) is 0 Å². The van der Waals surface area contributed by atoms with Gasteiger partial charge in [0.2, 0.25) is 0 Å². The number of hydrogen-bond acceptors (Lipinski definition) is 2. The molecule has 116 valence electrons. The summed E-state index contributed by atoms with van der Waals surface area (Å²) < 4.78 is 5.68. The smallest absolute Gasteiger partial charge is 0.191 e. The third-order valence-corrected chi connectivity index (χ3v) is 3.45. The number of nitrogens with zero attached hydrogens (tertiary/aromatic N) is 1. The molecule has 0 heterocycles. The van der Waals surface area contributed by atoms with Crippen LogP contribution in [0, 0.1) is 11.8 Å². The van der Waals surface area contributed by atoms with Crippen molar-refractivity contribution in [1.29, 1.82) is 0 Å². The van der Waals surface area contributed by atoms with Gasteiger partial charge in [0.1, 0.15) is 5.75 Å². The van der Waals surface area contributed by atoms with E-state index in [2.05, 4.69) is 41.6 Å². The first-order valence-corrected chi connectivity index (χ1v) is 7.83. The lowest BCUT2D eigenvalue weighted by atomic mass is 10.2. The van der Waals surface area contributed by atoms with Gasteiger partial charge < -0.3 is 15.4 Å². The zero-order chi connectivity index (χ0) is 15.1. The Bertz CT molecular complexity index is 450. The zero-order valence-corrected chi connectivity index (χ0v) is 13.4. The molecule has 2 rings (SSSR count). The highest BCUT2D eigenvalue weighted by Gasteiger charge is 2.20. The fourth-order valence-corrected chi connectivity index (χ4v) is 1.94. The second-order valence-corrected chi connectivity index (χ2v) is 6.10. The minimum atomic E-state index is 0.548. The van der Waals surface area contributed by atoms with E-state index in [4.69, 9.17) is 4.74 Å². The summed E-state index contributed by atoms with van der Waals surface area (Å²) in [6, 6.07) is 8.24. The molecule has 4 nitrogen and oxygen atoms in total. The van der Waals surface area contributed by atoms with Crippen LogP contribution >= 0.6 is 0 Å². The number of nitrogens with one attached hydrogen (secondary N) is 2. The monoisotopic (exact) mass is 289 g/mol. The molecule has 0 radical (unpaired) electrons. The molecule has 1 fully saturated rings. The van der Waals surface area contributed by atoms with E-state index in [1.165, 1.54) is 18.4 Å². The van der Waals surface area contributed by atoms with E-state index in [-0.39, 0.29) is 0 Å². The molecule has 1 aromatic rings. The second kappa shape index (κ2) is 7.91. The van der Waals surface area contributed by atoms with Gasteiger partial charge in [-0.1, -0.05) is 26.0 Å². The lowest BCUT2D eigenvalue weighted by Crippen LogP contribution is -2.37. The number of benzene rings is 1. The maximum absolute atomic E-state index is 5.68. The van der Waals surface area contributed by atoms with E-state index in [9.17, 15) is 0 Å². The van der Waals surface area contributed by atoms with Crippen LogP contribution in [0.2, 0.25) is 0 Å². The number of guanidine groups is 1. The minimum Gasteiger partial charge on any atom is -0.493 e. The van der Waals surface area contributed by atoms with Crippen molar-refractivity contribution in [3.63, 3.8) is 0 Å². The van der Waals surface area contributed by atoms with Crippen molar-refractivity contribution in [2.45, 2.75) is 33.2 Å². The van der Waals surface area contributed by atoms with Gasteiger partial charge in [-0.15, -0.1) is 0 Å². The van der Waals surface area contributed by atoms with Crippen LogP contribution in [0.5, 0.6) is 5.75 Å². The van der Waals surface area contributed by atoms with Crippen LogP contribution < -0.4 is 15.4 Å². The van der Waals surface area contributed by atoms with E-state index < -0.39 is 0 Å². The SMILES string of the molecule is CN=C(NCc1ccc(OCC(C)C)cc1)NCC1CC1. The molecule has 0 saturated heterocycles. The highest BCUT2D eigenvalue weighted by molar-refractivity contribution is 5.79. The van der Waals surface area contributed by atoms with Crippen molar-refractivity contribution in [3.05, 3.63) is 29.8 Å². The molecule has 0 amide bonds. The van der Waals surface area contributed by atoms with E-state index in [1.54, 1.807) is 0 Å². The van der Waals surface area contributed by atoms with Crippen molar-refractivity contribution < 1.29 is 4.74 Å². The Labute approximate surface area is 128 Å². The molecule has 0 atom stereocenters. The number of rotatable bonds is 7. The Kier molecular flexibility index (Phi) is 5.90. The lowest BCUT2D eigenvalue weighted by molar-refractivity contribution is 0.271. The third kappa shape index (κ3) is 6.06. The van der Waals surface area contributed by atoms with Crippen LogP contribution in [0.25, 0.3) is 0 Å². The maximum atomic E-state index is 5.68. The Hall–Kier alpha value is -1.71. The molecule has 0 bridgehead atoms. The predicted molar refractivity (Wildman–Crippen MR) is 87.7 cm³/mol. The van der Waals surface area contributed by atoms with E-state index in [1.807, 2.05) is 19.2 Å². The largest absolute Gasteiger partial charge is 0.493 e. The van der Waals surface area contributed by atoms with Crippen molar-refractivity contribution in [1.82, 2.24) is 10.6 Å². The first-order valence-electron chi connectivity index (χ1n) is 7.83. The van der Waals surface area contributed by atoms with Crippen molar-refractivity contribution in [2.75, 3.05) is 20.2 Å². The first-order chi connectivity index (χ1) is 10.2. The van der Waals surface area contributed by atoms with Gasteiger partial charge in [0.15, 0.2) is 5.96 Å². The Morgan fingerprint density at radius 3 is 2.52 bits per heavy atom. The summed E-state index contributed by atoms with van der Waals surface area (Å²) in [6.07, 6.45) is 2.70. The molecule has 1 aromatic carbocycles. The highest BCUT2D eigenvalue weighted by atomic mass is 16.5. The molecule has 0 aliphatic heterocycles. The summed E-state index contributed by atoms with van der Waals surface area (Å²) in [6.45, 7) is 6.86. The molecule has 4 heteroatoms. The van der Waals surface area contributed by atoms with Crippen molar-refractivity contribution >= 4 is 5.96 Å². The van der Waals surface area contributed by atoms with Gasteiger partial charge >= 0.3 is 0 Å². The van der Waals surface area contributed by atoms with Crippen molar-refractivity contribution in [2.24, 2.45) is 16.8 Å². The molecule has 0 spiro atoms. The summed E-state index contributed by atoms with van der Waals surface area (Å²) >= 11 is 0. The molecule has 1 aliphatic carbocycles. The fourth-order valence-electron chi connectivity index (χ4n) is 1.94. The topological polar surface area (TPSA) is 45.7 Å². The fraction of sp³-hybridized carbons (Fsp3) is 0.588. The van der Waals surface area contributed by atoms with Crippen LogP contribution in [0.15, 0.2) is 29.3 Å². The molecule has 0 unspecified atom stereocenters. The van der Waals surface area contributed by atoms with E-state index in [0.29, 0.717) is 5.92 Å². The highest BCUT2D eigenvalue weighted by Crippen LogP contribution is 2.27. The van der Waals surface area contributed by atoms with Gasteiger partial charge in [0.05, 0.1) is 6.61 Å². The molecule has 1 aliphatic rings. The van der Waals surface area contributed by atoms with Gasteiger partial charge in [0, 0.05) is 20.1 Å². The minimum absolute atomic E-state index is 0.548. The number of aliphatic imine (C=N–C) groups is 1. The summed E-state index contributed by atoms with van der Waals surface area (Å²) in [5.41, 5.74) is 1.22. The normalized spacial score (nSPS) is 15.1. The summed E-state index contributed by atoms with van der Waals surface area (Å²) in [7, 11) is 1.81. The molecular formula is C17H27N3O. The number of ether oxygens (including phenoxy) is 1. The van der Waals surface area contributed by atoms with Crippen molar-refractivity contribution in [3.8, 4) is 5.75 Å². The van der Waals surface area contributed by atoms with E-state index >= 15 is 0 Å². The maximum Gasteiger partial charge on any atom is 0.191 e. The van der Waals surface area contributed by atoms with Gasteiger partial charge in [0.25, 0.3) is 0 Å². The molecule has 2 N–H and O–H groups in total. The second-order valence-electron chi connectivity index (χ2n) is 6.10. The Morgan fingerprint density at radius 1 is 1.24 bits per heavy atom. The summed E-state index contributed by atoms with van der Waals surface area (Å²) in [5, 5.41) is 6.70. The third-order valence-electron chi connectivity index (χ3n) is 3.45. The molecule has 1 saturated carbocycles. The molecule has 0 aromatic heterocycles. The quantitative estimate of drug-likeness (QED) is 0.599. The average molecular weight is 289 g/mol. The van der Waals surface area contributed by atoms with Crippen LogP contribution in [0.4, 0.5) is 0 Å². The van der Waals surface area contributed by atoms with Gasteiger partial charge in [-0.05, 0) is 42.4 Å². The van der Waals surface area contributed by atoms with Gasteiger partial charge in [-0.3, -0.25) is 4.99 Å². The van der Waals surface area contributed by atoms with Gasteiger partial charge in [-0.25, -0.2) is 0 Å². The standard InChI is InChI=1S/C17H27N3O/c1-13(2)12-21-16-8-6-15(7-9-16)11-20-17(18-3)19-10-14-4-5-14/h6-9,13-14H,4-5,10-12H2,1-3H3,(H2,18,19,20). The molecule has 21 heavy (non-hydrogen) atoms. The first kappa shape index (κ1) is 15.7. The summed E-state index contributed by atoms with van der Waals surface area (Å²) in [5.74, 6) is 3.21. The van der Waals surface area contributed by atoms with Crippen LogP contribution in [0.3, 0.4) is 0 Å². The van der Waals surface area contributed by atoms with Crippen LogP contribution in [0.1, 0.15) is 32.3 Å². The zero-order valence-electron chi connectivity index (χ0n) is 13.4. The molecular weight excluding hydrogens is 262 g/mol. The number of hydrogen-bond donors (Lipinski definition) is 2. The average Bonchev–Trinajstić information content (AvgIpc) is 3.30. The predicted octanol–water partition coefficient (Wildman–Crippen LogP) is 2.80. The van der Waals surface area contributed by atoms with E-state index in [0.717, 1.165) is 37.3 Å². The van der Waals surface area contributed by atoms with Crippen LogP contribution in [-0.2, 0) is 6.54 Å². The Morgan fingerprint density at radius 2 is 1.95 bits per heavy atom. The Balaban J connectivity index is 1.73. The summed E-state index contributed by atoms with van der Waals surface area (Å²) in [4.78, 5) is 4.24. The van der Waals surface area contributed by atoms with Crippen LogP contribution in [-0.4, -0.2) is 26.2 Å². The lowest BCUT2D eigenvalue weighted by Gasteiger charge is -2.12.